The highest BCUT2D eigenvalue weighted by Crippen LogP contribution is 2.16. The van der Waals surface area contributed by atoms with Gasteiger partial charge < -0.3 is 5.43 Å². The van der Waals surface area contributed by atoms with Crippen molar-refractivity contribution in [2.75, 3.05) is 18.5 Å². The normalized spacial score (nSPS) is 10.7. The van der Waals surface area contributed by atoms with E-state index in [0.29, 0.717) is 0 Å². The first kappa shape index (κ1) is 13.9. The highest BCUT2D eigenvalue weighted by molar-refractivity contribution is 7.89. The Kier molecular flexibility index (Phi) is 4.57. The Hall–Kier alpha value is -2.20. The number of pyridine rings is 1. The van der Waals surface area contributed by atoms with Gasteiger partial charge in [-0.15, -0.1) is 0 Å². The molecule has 0 amide bonds. The molecule has 0 saturated carbocycles. The standard InChI is InChI=1S/C9H10N6O2S/c10-2-5-15(6-3-11)18(16,17)8-1-4-13-9(7-8)14-12/h1,4,7H,5-6,12H2,(H,13,14). The molecule has 0 aliphatic heterocycles. The van der Waals surface area contributed by atoms with Gasteiger partial charge >= 0.3 is 0 Å². The van der Waals surface area contributed by atoms with Crippen LogP contribution in [0.15, 0.2) is 23.2 Å². The summed E-state index contributed by atoms with van der Waals surface area (Å²) in [6, 6.07) is 5.87. The van der Waals surface area contributed by atoms with Crippen LogP contribution in [0.4, 0.5) is 5.82 Å². The van der Waals surface area contributed by atoms with E-state index in [1.807, 2.05) is 0 Å². The van der Waals surface area contributed by atoms with Gasteiger partial charge in [-0.05, 0) is 6.07 Å². The predicted octanol–water partition coefficient (Wildman–Crippen LogP) is -0.595. The van der Waals surface area contributed by atoms with Gasteiger partial charge in [-0.3, -0.25) is 0 Å². The number of nitrogen functional groups attached to an aromatic ring is 1. The molecule has 8 nitrogen and oxygen atoms in total. The Morgan fingerprint density at radius 2 is 2.00 bits per heavy atom. The number of aromatic nitrogens is 1. The minimum atomic E-state index is -3.91. The molecular formula is C9H10N6O2S. The molecule has 0 aliphatic carbocycles. The fourth-order valence-corrected chi connectivity index (χ4v) is 2.43. The number of hydrogen-bond donors (Lipinski definition) is 2. The van der Waals surface area contributed by atoms with Crippen molar-refractivity contribution in [2.24, 2.45) is 5.84 Å². The Morgan fingerprint density at radius 1 is 1.39 bits per heavy atom. The number of hydrogen-bond acceptors (Lipinski definition) is 7. The summed E-state index contributed by atoms with van der Waals surface area (Å²) in [6.07, 6.45) is 1.26. The highest BCUT2D eigenvalue weighted by atomic mass is 32.2. The van der Waals surface area contributed by atoms with Gasteiger partial charge in [-0.25, -0.2) is 19.2 Å². The molecule has 1 heterocycles. The third kappa shape index (κ3) is 2.93. The van der Waals surface area contributed by atoms with Gasteiger partial charge in [-0.2, -0.15) is 14.8 Å². The van der Waals surface area contributed by atoms with Crippen LogP contribution in [0.3, 0.4) is 0 Å². The molecule has 18 heavy (non-hydrogen) atoms. The van der Waals surface area contributed by atoms with Crippen LogP contribution in [0.1, 0.15) is 0 Å². The molecule has 0 radical (unpaired) electrons. The molecule has 0 saturated heterocycles. The maximum Gasteiger partial charge on any atom is 0.245 e. The monoisotopic (exact) mass is 266 g/mol. The average Bonchev–Trinajstić information content (AvgIpc) is 2.38. The maximum atomic E-state index is 12.1. The van der Waals surface area contributed by atoms with Crippen LogP contribution in [0.5, 0.6) is 0 Å². The number of nitrogens with zero attached hydrogens (tertiary/aromatic N) is 4. The number of anilines is 1. The third-order valence-electron chi connectivity index (χ3n) is 2.01. The van der Waals surface area contributed by atoms with Crippen LogP contribution in [-0.2, 0) is 10.0 Å². The van der Waals surface area contributed by atoms with Gasteiger partial charge in [0.25, 0.3) is 0 Å². The zero-order valence-electron chi connectivity index (χ0n) is 9.24. The van der Waals surface area contributed by atoms with E-state index < -0.39 is 23.1 Å². The van der Waals surface area contributed by atoms with Gasteiger partial charge in [-0.1, -0.05) is 0 Å². The number of hydrazine groups is 1. The van der Waals surface area contributed by atoms with E-state index in [1.54, 1.807) is 12.1 Å². The van der Waals surface area contributed by atoms with Crippen molar-refractivity contribution in [1.82, 2.24) is 9.29 Å². The quantitative estimate of drug-likeness (QED) is 0.412. The van der Waals surface area contributed by atoms with Gasteiger partial charge in [0, 0.05) is 12.3 Å². The Bertz CT molecular complexity index is 584. The summed E-state index contributed by atoms with van der Waals surface area (Å²) in [5, 5.41) is 17.1. The molecule has 1 aromatic heterocycles. The summed E-state index contributed by atoms with van der Waals surface area (Å²) in [4.78, 5) is 3.69. The number of nitrogens with one attached hydrogen (secondary N) is 1. The van der Waals surface area contributed by atoms with Crippen molar-refractivity contribution in [3.8, 4) is 12.1 Å². The fourth-order valence-electron chi connectivity index (χ4n) is 1.18. The van der Waals surface area contributed by atoms with Gasteiger partial charge in [0.05, 0.1) is 17.0 Å². The van der Waals surface area contributed by atoms with Crippen LogP contribution < -0.4 is 11.3 Å². The van der Waals surface area contributed by atoms with E-state index in [0.717, 1.165) is 4.31 Å². The topological polar surface area (TPSA) is 136 Å². The molecule has 0 aromatic carbocycles. The van der Waals surface area contributed by atoms with E-state index in [4.69, 9.17) is 16.4 Å². The zero-order valence-corrected chi connectivity index (χ0v) is 10.1. The molecule has 0 fully saturated rings. The van der Waals surface area contributed by atoms with Crippen molar-refractivity contribution in [3.05, 3.63) is 18.3 Å². The summed E-state index contributed by atoms with van der Waals surface area (Å²) in [7, 11) is -3.91. The highest BCUT2D eigenvalue weighted by Gasteiger charge is 2.24. The fraction of sp³-hybridized carbons (Fsp3) is 0.222. The molecule has 94 valence electrons. The van der Waals surface area contributed by atoms with Crippen LogP contribution >= 0.6 is 0 Å². The number of nitrogens with two attached hydrogens (primary N) is 1. The molecule has 0 aliphatic rings. The van der Waals surface area contributed by atoms with Crippen LogP contribution in [0.2, 0.25) is 0 Å². The summed E-state index contributed by atoms with van der Waals surface area (Å²) in [5.41, 5.74) is 2.22. The van der Waals surface area contributed by atoms with Crippen molar-refractivity contribution >= 4 is 15.8 Å². The molecule has 3 N–H and O–H groups in total. The van der Waals surface area contributed by atoms with Gasteiger partial charge in [0.2, 0.25) is 10.0 Å². The van der Waals surface area contributed by atoms with Crippen molar-refractivity contribution in [3.63, 3.8) is 0 Å². The van der Waals surface area contributed by atoms with E-state index >= 15 is 0 Å². The van der Waals surface area contributed by atoms with Crippen LogP contribution in [0, 0.1) is 22.7 Å². The molecule has 0 bridgehead atoms. The molecule has 1 aromatic rings. The largest absolute Gasteiger partial charge is 0.308 e. The lowest BCUT2D eigenvalue weighted by Crippen LogP contribution is -2.32. The summed E-state index contributed by atoms with van der Waals surface area (Å²) in [5.74, 6) is 5.30. The molecule has 1 rings (SSSR count). The van der Waals surface area contributed by atoms with Crippen molar-refractivity contribution in [1.29, 1.82) is 10.5 Å². The second-order valence-electron chi connectivity index (χ2n) is 3.11. The summed E-state index contributed by atoms with van der Waals surface area (Å²) in [6.45, 7) is -0.798. The van der Waals surface area contributed by atoms with Gasteiger partial charge in [0.15, 0.2) is 0 Å². The van der Waals surface area contributed by atoms with E-state index in [-0.39, 0.29) is 10.7 Å². The number of nitriles is 2. The lowest BCUT2D eigenvalue weighted by molar-refractivity contribution is 0.479. The Balaban J connectivity index is 3.18. The maximum absolute atomic E-state index is 12.1. The molecule has 0 unspecified atom stereocenters. The van der Waals surface area contributed by atoms with E-state index in [2.05, 4.69) is 10.4 Å². The smallest absolute Gasteiger partial charge is 0.245 e. The lowest BCUT2D eigenvalue weighted by atomic mass is 10.5. The molecule has 9 heteroatoms. The molecule has 0 spiro atoms. The van der Waals surface area contributed by atoms with Gasteiger partial charge in [0.1, 0.15) is 18.9 Å². The summed E-state index contributed by atoms with van der Waals surface area (Å²) >= 11 is 0. The van der Waals surface area contributed by atoms with Crippen molar-refractivity contribution < 1.29 is 8.42 Å². The third-order valence-corrected chi connectivity index (χ3v) is 3.80. The minimum absolute atomic E-state index is 0.0871. The Morgan fingerprint density at radius 3 is 2.50 bits per heavy atom. The zero-order chi connectivity index (χ0) is 13.6. The Labute approximate surface area is 104 Å². The predicted molar refractivity (Wildman–Crippen MR) is 62.0 cm³/mol. The minimum Gasteiger partial charge on any atom is -0.308 e. The van der Waals surface area contributed by atoms with E-state index in [9.17, 15) is 8.42 Å². The first-order chi connectivity index (χ1) is 8.56. The first-order valence-electron chi connectivity index (χ1n) is 4.73. The number of sulfonamides is 1. The second kappa shape index (κ2) is 5.93. The van der Waals surface area contributed by atoms with Crippen molar-refractivity contribution in [2.45, 2.75) is 4.90 Å². The van der Waals surface area contributed by atoms with Crippen LogP contribution in [-0.4, -0.2) is 30.8 Å². The lowest BCUT2D eigenvalue weighted by Gasteiger charge is -2.16. The average molecular weight is 266 g/mol. The first-order valence-corrected chi connectivity index (χ1v) is 6.17. The summed E-state index contributed by atoms with van der Waals surface area (Å²) < 4.78 is 25.0. The SMILES string of the molecule is N#CCN(CC#N)S(=O)(=O)c1ccnc(NN)c1. The number of rotatable bonds is 5. The van der Waals surface area contributed by atoms with E-state index in [1.165, 1.54) is 18.3 Å². The molecule has 0 atom stereocenters. The molecular weight excluding hydrogens is 256 g/mol. The van der Waals surface area contributed by atoms with Crippen LogP contribution in [0.25, 0.3) is 0 Å². The second-order valence-corrected chi connectivity index (χ2v) is 5.05.